The Balaban J connectivity index is 2.26. The zero-order chi connectivity index (χ0) is 15.4. The van der Waals surface area contributed by atoms with Crippen LogP contribution in [0.2, 0.25) is 10.0 Å². The smallest absolute Gasteiger partial charge is 0.310 e. The van der Waals surface area contributed by atoms with Crippen LogP contribution in [0.1, 0.15) is 11.1 Å². The normalized spacial score (nSPS) is 10.4. The molecule has 2 aromatic rings. The summed E-state index contributed by atoms with van der Waals surface area (Å²) >= 11 is 15.2. The molecule has 0 bridgehead atoms. The summed E-state index contributed by atoms with van der Waals surface area (Å²) in [5.41, 5.74) is 1.47. The first kappa shape index (κ1) is 16.1. The number of alkyl halides is 1. The third-order valence-electron chi connectivity index (χ3n) is 2.77. The lowest BCUT2D eigenvalue weighted by molar-refractivity contribution is -0.386. The molecule has 0 amide bonds. The molecule has 7 heteroatoms. The molecule has 4 nitrogen and oxygen atoms in total. The number of nitro benzene ring substituents is 1. The van der Waals surface area contributed by atoms with Crippen molar-refractivity contribution < 1.29 is 9.66 Å². The molecule has 0 unspecified atom stereocenters. The Morgan fingerprint density at radius 3 is 2.62 bits per heavy atom. The van der Waals surface area contributed by atoms with Crippen LogP contribution in [-0.2, 0) is 11.9 Å². The summed E-state index contributed by atoms with van der Waals surface area (Å²) in [6, 6.07) is 9.72. The van der Waals surface area contributed by atoms with Gasteiger partial charge in [0.2, 0.25) is 0 Å². The van der Waals surface area contributed by atoms with Crippen LogP contribution >= 0.6 is 39.1 Å². The Morgan fingerprint density at radius 2 is 1.95 bits per heavy atom. The fourth-order valence-electron chi connectivity index (χ4n) is 1.72. The molecule has 21 heavy (non-hydrogen) atoms. The van der Waals surface area contributed by atoms with Gasteiger partial charge in [0.05, 0.1) is 4.92 Å². The molecule has 0 atom stereocenters. The van der Waals surface area contributed by atoms with Gasteiger partial charge in [0.1, 0.15) is 6.61 Å². The Hall–Kier alpha value is -1.30. The highest BCUT2D eigenvalue weighted by Gasteiger charge is 2.16. The minimum atomic E-state index is -0.479. The zero-order valence-corrected chi connectivity index (χ0v) is 13.8. The van der Waals surface area contributed by atoms with Gasteiger partial charge in [-0.25, -0.2) is 0 Å². The molecular weight excluding hydrogens is 381 g/mol. The van der Waals surface area contributed by atoms with Gasteiger partial charge in [-0.3, -0.25) is 10.1 Å². The van der Waals surface area contributed by atoms with Crippen LogP contribution in [0.15, 0.2) is 36.4 Å². The van der Waals surface area contributed by atoms with Gasteiger partial charge in [-0.1, -0.05) is 45.2 Å². The molecule has 110 valence electrons. The molecule has 0 aromatic heterocycles. The van der Waals surface area contributed by atoms with Crippen molar-refractivity contribution in [3.05, 3.63) is 67.7 Å². The van der Waals surface area contributed by atoms with E-state index < -0.39 is 4.92 Å². The number of hydrogen-bond donors (Lipinski definition) is 0. The second-order valence-corrected chi connectivity index (χ2v) is 5.62. The van der Waals surface area contributed by atoms with E-state index in [0.29, 0.717) is 20.9 Å². The minimum Gasteiger partial charge on any atom is -0.482 e. The fourth-order valence-corrected chi connectivity index (χ4v) is 2.43. The third-order valence-corrected chi connectivity index (χ3v) is 4.02. The first-order valence-electron chi connectivity index (χ1n) is 5.91. The largest absolute Gasteiger partial charge is 0.482 e. The molecule has 0 spiro atoms. The quantitative estimate of drug-likeness (QED) is 0.391. The summed E-state index contributed by atoms with van der Waals surface area (Å²) in [5, 5.41) is 12.6. The van der Waals surface area contributed by atoms with Crippen molar-refractivity contribution in [1.82, 2.24) is 0 Å². The van der Waals surface area contributed by atoms with E-state index in [2.05, 4.69) is 15.9 Å². The third kappa shape index (κ3) is 4.09. The van der Waals surface area contributed by atoms with Crippen LogP contribution in [0.5, 0.6) is 5.75 Å². The first-order chi connectivity index (χ1) is 10.0. The van der Waals surface area contributed by atoms with Crippen LogP contribution in [-0.4, -0.2) is 4.92 Å². The number of benzene rings is 2. The van der Waals surface area contributed by atoms with Gasteiger partial charge in [0.15, 0.2) is 5.75 Å². The molecule has 0 radical (unpaired) electrons. The molecule has 0 heterocycles. The number of nitro groups is 1. The van der Waals surface area contributed by atoms with Gasteiger partial charge < -0.3 is 4.74 Å². The van der Waals surface area contributed by atoms with Gasteiger partial charge >= 0.3 is 5.69 Å². The average Bonchev–Trinajstić information content (AvgIpc) is 2.47. The molecule has 0 aliphatic rings. The minimum absolute atomic E-state index is 0.0853. The van der Waals surface area contributed by atoms with Gasteiger partial charge in [0, 0.05) is 27.0 Å². The Kier molecular flexibility index (Phi) is 5.45. The van der Waals surface area contributed by atoms with E-state index in [-0.39, 0.29) is 18.0 Å². The molecule has 0 saturated carbocycles. The van der Waals surface area contributed by atoms with Gasteiger partial charge in [-0.05, 0) is 29.8 Å². The Morgan fingerprint density at radius 1 is 1.19 bits per heavy atom. The molecule has 0 N–H and O–H groups in total. The van der Waals surface area contributed by atoms with Crippen LogP contribution in [0.4, 0.5) is 5.69 Å². The number of rotatable bonds is 5. The second kappa shape index (κ2) is 7.11. The lowest BCUT2D eigenvalue weighted by Crippen LogP contribution is -2.00. The fraction of sp³-hybridized carbons (Fsp3) is 0.143. The van der Waals surface area contributed by atoms with E-state index in [1.165, 1.54) is 6.07 Å². The van der Waals surface area contributed by atoms with Crippen molar-refractivity contribution in [3.63, 3.8) is 0 Å². The first-order valence-corrected chi connectivity index (χ1v) is 7.79. The highest BCUT2D eigenvalue weighted by atomic mass is 79.9. The highest BCUT2D eigenvalue weighted by Crippen LogP contribution is 2.30. The van der Waals surface area contributed by atoms with Gasteiger partial charge in [-0.15, -0.1) is 0 Å². The van der Waals surface area contributed by atoms with E-state index in [1.54, 1.807) is 30.3 Å². The van der Waals surface area contributed by atoms with Crippen LogP contribution in [0, 0.1) is 10.1 Å². The predicted octanol–water partition coefficient (Wildman–Crippen LogP) is 5.38. The number of nitrogens with zero attached hydrogens (tertiary/aromatic N) is 1. The molecule has 0 fully saturated rings. The van der Waals surface area contributed by atoms with E-state index in [4.69, 9.17) is 27.9 Å². The van der Waals surface area contributed by atoms with Crippen molar-refractivity contribution >= 4 is 44.8 Å². The van der Waals surface area contributed by atoms with Crippen molar-refractivity contribution in [2.45, 2.75) is 11.9 Å². The molecule has 0 aliphatic carbocycles. The summed E-state index contributed by atoms with van der Waals surface area (Å²) < 4.78 is 5.56. The summed E-state index contributed by atoms with van der Waals surface area (Å²) in [6.07, 6.45) is 0. The van der Waals surface area contributed by atoms with Crippen LogP contribution in [0.25, 0.3) is 0 Å². The number of ether oxygens (including phenoxy) is 1. The maximum Gasteiger partial charge on any atom is 0.310 e. The van der Waals surface area contributed by atoms with Crippen LogP contribution in [0.3, 0.4) is 0 Å². The lowest BCUT2D eigenvalue weighted by Gasteiger charge is -2.09. The Labute approximate surface area is 139 Å². The van der Waals surface area contributed by atoms with Crippen molar-refractivity contribution in [2.75, 3.05) is 0 Å². The SMILES string of the molecule is O=[N+]([O-])c1ccc(CBr)cc1OCc1cc(Cl)ccc1Cl. The molecule has 2 rings (SSSR count). The average molecular weight is 391 g/mol. The maximum atomic E-state index is 11.0. The number of hydrogen-bond acceptors (Lipinski definition) is 3. The summed E-state index contributed by atoms with van der Waals surface area (Å²) in [6.45, 7) is 0.103. The molecular formula is C14H10BrCl2NO3. The topological polar surface area (TPSA) is 52.4 Å². The molecule has 0 saturated heterocycles. The van der Waals surface area contributed by atoms with Gasteiger partial charge in [-0.2, -0.15) is 0 Å². The maximum absolute atomic E-state index is 11.0. The zero-order valence-electron chi connectivity index (χ0n) is 10.7. The van der Waals surface area contributed by atoms with Crippen molar-refractivity contribution in [3.8, 4) is 5.75 Å². The van der Waals surface area contributed by atoms with E-state index in [0.717, 1.165) is 5.56 Å². The van der Waals surface area contributed by atoms with Gasteiger partial charge in [0.25, 0.3) is 0 Å². The molecule has 0 aliphatic heterocycles. The number of halogens is 3. The Bertz CT molecular complexity index is 679. The van der Waals surface area contributed by atoms with Crippen LogP contribution < -0.4 is 4.74 Å². The van der Waals surface area contributed by atoms with E-state index in [1.807, 2.05) is 0 Å². The van der Waals surface area contributed by atoms with Crippen molar-refractivity contribution in [2.24, 2.45) is 0 Å². The highest BCUT2D eigenvalue weighted by molar-refractivity contribution is 9.08. The summed E-state index contributed by atoms with van der Waals surface area (Å²) in [5.74, 6) is 0.202. The van der Waals surface area contributed by atoms with E-state index in [9.17, 15) is 10.1 Å². The second-order valence-electron chi connectivity index (χ2n) is 4.22. The predicted molar refractivity (Wildman–Crippen MR) is 86.5 cm³/mol. The van der Waals surface area contributed by atoms with E-state index >= 15 is 0 Å². The lowest BCUT2D eigenvalue weighted by atomic mass is 10.2. The molecule has 2 aromatic carbocycles. The summed E-state index contributed by atoms with van der Waals surface area (Å²) in [7, 11) is 0. The standard InChI is InChI=1S/C14H10BrCl2NO3/c15-7-9-1-4-13(18(19)20)14(5-9)21-8-10-6-11(16)2-3-12(10)17/h1-6H,7-8H2. The monoisotopic (exact) mass is 389 g/mol. The van der Waals surface area contributed by atoms with Crippen molar-refractivity contribution in [1.29, 1.82) is 0 Å². The summed E-state index contributed by atoms with van der Waals surface area (Å²) in [4.78, 5) is 10.5.